The number of nitrogens with one attached hydrogen (secondary N) is 1. The van der Waals surface area contributed by atoms with Gasteiger partial charge in [-0.3, -0.25) is 4.79 Å². The third-order valence-electron chi connectivity index (χ3n) is 4.88. The van der Waals surface area contributed by atoms with Crippen LogP contribution in [0.15, 0.2) is 24.3 Å². The number of carbonyl (C=O) groups excluding carboxylic acids is 2. The zero-order valence-electron chi connectivity index (χ0n) is 16.0. The second kappa shape index (κ2) is 7.89. The molecule has 0 aliphatic heterocycles. The maximum atomic E-state index is 12.5. The molecule has 5 heteroatoms. The first kappa shape index (κ1) is 19.3. The molecule has 5 nitrogen and oxygen atoms in total. The van der Waals surface area contributed by atoms with Gasteiger partial charge in [-0.25, -0.2) is 4.79 Å². The standard InChI is InChI=1S/C20H30N2O3/c1-6-25-19(24)18(16-13-20(2,3)12-11-17(16)23)21-14-7-9-15(10-8-14)22(4)5/h7-10,16,18,21H,6,11-13H2,1-5H3. The molecule has 0 spiro atoms. The van der Waals surface area contributed by atoms with Gasteiger partial charge in [0.25, 0.3) is 0 Å². The number of anilines is 2. The number of benzene rings is 1. The number of ether oxygens (including phenoxy) is 1. The van der Waals surface area contributed by atoms with Crippen molar-refractivity contribution < 1.29 is 14.3 Å². The zero-order valence-corrected chi connectivity index (χ0v) is 16.0. The lowest BCUT2D eigenvalue weighted by Crippen LogP contribution is -2.46. The summed E-state index contributed by atoms with van der Waals surface area (Å²) >= 11 is 0. The van der Waals surface area contributed by atoms with Gasteiger partial charge in [-0.15, -0.1) is 0 Å². The number of hydrogen-bond donors (Lipinski definition) is 1. The highest BCUT2D eigenvalue weighted by molar-refractivity contribution is 5.91. The molecule has 1 saturated carbocycles. The van der Waals surface area contributed by atoms with E-state index in [1.54, 1.807) is 6.92 Å². The van der Waals surface area contributed by atoms with Crippen LogP contribution in [0, 0.1) is 11.3 Å². The molecule has 1 N–H and O–H groups in total. The zero-order chi connectivity index (χ0) is 18.6. The minimum atomic E-state index is -0.641. The molecule has 0 bridgehead atoms. The number of esters is 1. The van der Waals surface area contributed by atoms with Gasteiger partial charge in [0.1, 0.15) is 11.8 Å². The van der Waals surface area contributed by atoms with E-state index in [-0.39, 0.29) is 23.1 Å². The Bertz CT molecular complexity index is 608. The Morgan fingerprint density at radius 2 is 1.96 bits per heavy atom. The van der Waals surface area contributed by atoms with Crippen molar-refractivity contribution in [3.63, 3.8) is 0 Å². The van der Waals surface area contributed by atoms with Crippen LogP contribution in [0.3, 0.4) is 0 Å². The van der Waals surface area contributed by atoms with Crippen LogP contribution in [0.5, 0.6) is 0 Å². The SMILES string of the molecule is CCOC(=O)C(Nc1ccc(N(C)C)cc1)C1CC(C)(C)CCC1=O. The van der Waals surface area contributed by atoms with Gasteiger partial charge in [0.2, 0.25) is 0 Å². The van der Waals surface area contributed by atoms with E-state index < -0.39 is 6.04 Å². The molecule has 1 aliphatic rings. The van der Waals surface area contributed by atoms with Crippen LogP contribution in [0.4, 0.5) is 11.4 Å². The molecule has 0 radical (unpaired) electrons. The molecule has 2 unspecified atom stereocenters. The molecular weight excluding hydrogens is 316 g/mol. The van der Waals surface area contributed by atoms with E-state index in [0.717, 1.165) is 17.8 Å². The van der Waals surface area contributed by atoms with Crippen LogP contribution in [-0.2, 0) is 14.3 Å². The minimum Gasteiger partial charge on any atom is -0.464 e. The number of nitrogens with zero attached hydrogens (tertiary/aromatic N) is 1. The lowest BCUT2D eigenvalue weighted by Gasteiger charge is -2.37. The molecule has 1 fully saturated rings. The summed E-state index contributed by atoms with van der Waals surface area (Å²) in [5.74, 6) is -0.554. The van der Waals surface area contributed by atoms with E-state index in [4.69, 9.17) is 4.74 Å². The number of carbonyl (C=O) groups is 2. The van der Waals surface area contributed by atoms with Crippen molar-refractivity contribution in [2.75, 3.05) is 30.9 Å². The molecule has 0 amide bonds. The second-order valence-corrected chi connectivity index (χ2v) is 7.76. The smallest absolute Gasteiger partial charge is 0.329 e. The van der Waals surface area contributed by atoms with Crippen molar-refractivity contribution >= 4 is 23.1 Å². The van der Waals surface area contributed by atoms with Gasteiger partial charge in [-0.2, -0.15) is 0 Å². The average Bonchev–Trinajstić information content (AvgIpc) is 2.55. The maximum absolute atomic E-state index is 12.5. The monoisotopic (exact) mass is 346 g/mol. The van der Waals surface area contributed by atoms with Crippen molar-refractivity contribution in [3.05, 3.63) is 24.3 Å². The first-order chi connectivity index (χ1) is 11.7. The molecule has 1 aromatic carbocycles. The Morgan fingerprint density at radius 3 is 2.52 bits per heavy atom. The predicted molar refractivity (Wildman–Crippen MR) is 101 cm³/mol. The summed E-state index contributed by atoms with van der Waals surface area (Å²) in [5.41, 5.74) is 1.95. The summed E-state index contributed by atoms with van der Waals surface area (Å²) in [5, 5.41) is 3.25. The van der Waals surface area contributed by atoms with Gasteiger partial charge in [0.15, 0.2) is 0 Å². The van der Waals surface area contributed by atoms with Gasteiger partial charge in [0, 0.05) is 37.8 Å². The van der Waals surface area contributed by atoms with Crippen molar-refractivity contribution in [2.45, 2.75) is 46.1 Å². The summed E-state index contributed by atoms with van der Waals surface area (Å²) in [7, 11) is 3.96. The second-order valence-electron chi connectivity index (χ2n) is 7.76. The van der Waals surface area contributed by atoms with E-state index in [1.165, 1.54) is 0 Å². The van der Waals surface area contributed by atoms with Gasteiger partial charge in [-0.1, -0.05) is 13.8 Å². The minimum absolute atomic E-state index is 0.0553. The Hall–Kier alpha value is -2.04. The van der Waals surface area contributed by atoms with Crippen LogP contribution in [0.1, 0.15) is 40.0 Å². The van der Waals surface area contributed by atoms with E-state index in [2.05, 4.69) is 19.2 Å². The topological polar surface area (TPSA) is 58.6 Å². The van der Waals surface area contributed by atoms with E-state index in [1.807, 2.05) is 43.3 Å². The molecule has 25 heavy (non-hydrogen) atoms. The summed E-state index contributed by atoms with van der Waals surface area (Å²) < 4.78 is 5.25. The summed E-state index contributed by atoms with van der Waals surface area (Å²) in [6.07, 6.45) is 2.09. The van der Waals surface area contributed by atoms with Crippen LogP contribution < -0.4 is 10.2 Å². The number of hydrogen-bond acceptors (Lipinski definition) is 5. The average molecular weight is 346 g/mol. The quantitative estimate of drug-likeness (QED) is 0.799. The van der Waals surface area contributed by atoms with Gasteiger partial charge < -0.3 is 15.0 Å². The van der Waals surface area contributed by atoms with Crippen LogP contribution in [-0.4, -0.2) is 38.5 Å². The lowest BCUT2D eigenvalue weighted by atomic mass is 9.69. The van der Waals surface area contributed by atoms with Crippen LogP contribution in [0.25, 0.3) is 0 Å². The molecule has 138 valence electrons. The molecule has 1 aromatic rings. The van der Waals surface area contributed by atoms with Gasteiger partial charge in [-0.05, 0) is 49.4 Å². The van der Waals surface area contributed by atoms with Crippen molar-refractivity contribution in [2.24, 2.45) is 11.3 Å². The van der Waals surface area contributed by atoms with E-state index in [9.17, 15) is 9.59 Å². The maximum Gasteiger partial charge on any atom is 0.329 e. The molecule has 1 aliphatic carbocycles. The Labute approximate surface area is 150 Å². The van der Waals surface area contributed by atoms with Crippen LogP contribution >= 0.6 is 0 Å². The first-order valence-corrected chi connectivity index (χ1v) is 8.97. The van der Waals surface area contributed by atoms with Crippen molar-refractivity contribution in [1.82, 2.24) is 0 Å². The summed E-state index contributed by atoms with van der Waals surface area (Å²) in [6.45, 7) is 6.40. The number of ketones is 1. The van der Waals surface area contributed by atoms with E-state index >= 15 is 0 Å². The van der Waals surface area contributed by atoms with Crippen molar-refractivity contribution in [3.8, 4) is 0 Å². The first-order valence-electron chi connectivity index (χ1n) is 8.97. The third-order valence-corrected chi connectivity index (χ3v) is 4.88. The van der Waals surface area contributed by atoms with Gasteiger partial charge >= 0.3 is 5.97 Å². The normalized spacial score (nSPS) is 20.7. The molecule has 0 saturated heterocycles. The molecule has 0 heterocycles. The van der Waals surface area contributed by atoms with Crippen molar-refractivity contribution in [1.29, 1.82) is 0 Å². The number of rotatable bonds is 6. The van der Waals surface area contributed by atoms with Crippen LogP contribution in [0.2, 0.25) is 0 Å². The largest absolute Gasteiger partial charge is 0.464 e. The molecule has 2 rings (SSSR count). The highest BCUT2D eigenvalue weighted by Gasteiger charge is 2.41. The molecule has 2 atom stereocenters. The summed E-state index contributed by atoms with van der Waals surface area (Å²) in [4.78, 5) is 27.1. The third kappa shape index (κ3) is 4.97. The highest BCUT2D eigenvalue weighted by Crippen LogP contribution is 2.39. The number of Topliss-reactive ketones (excluding diaryl/α,β-unsaturated/α-hetero) is 1. The Morgan fingerprint density at radius 1 is 1.32 bits per heavy atom. The molecular formula is C20H30N2O3. The predicted octanol–water partition coefficient (Wildman–Crippen LogP) is 3.49. The summed E-state index contributed by atoms with van der Waals surface area (Å²) in [6, 6.07) is 7.19. The lowest BCUT2D eigenvalue weighted by molar-refractivity contribution is -0.148. The Kier molecular flexibility index (Phi) is 6.09. The fourth-order valence-corrected chi connectivity index (χ4v) is 3.35. The van der Waals surface area contributed by atoms with E-state index in [0.29, 0.717) is 19.4 Å². The fourth-order valence-electron chi connectivity index (χ4n) is 3.35. The Balaban J connectivity index is 2.23. The molecule has 0 aromatic heterocycles. The highest BCUT2D eigenvalue weighted by atomic mass is 16.5. The fraction of sp³-hybridized carbons (Fsp3) is 0.600. The van der Waals surface area contributed by atoms with Gasteiger partial charge in [0.05, 0.1) is 6.61 Å².